The Kier molecular flexibility index (Phi) is 5.37. The van der Waals surface area contributed by atoms with Gasteiger partial charge in [0.05, 0.1) is 23.0 Å². The molecule has 6 nitrogen and oxygen atoms in total. The number of likely N-dealkylation sites (tertiary alicyclic amines) is 1. The van der Waals surface area contributed by atoms with Crippen molar-refractivity contribution in [2.45, 2.75) is 19.8 Å². The summed E-state index contributed by atoms with van der Waals surface area (Å²) in [7, 11) is 0. The van der Waals surface area contributed by atoms with Crippen LogP contribution in [0.1, 0.15) is 24.0 Å². The molecule has 1 amide bonds. The fraction of sp³-hybridized carbons (Fsp3) is 0.346. The number of fused-ring (bicyclic) bond motifs is 2. The summed E-state index contributed by atoms with van der Waals surface area (Å²) >= 11 is 0. The molecule has 7 heteroatoms. The third-order valence-electron chi connectivity index (χ3n) is 7.27. The SMILES string of the molecule is C=CC(=O)N1CCC2CN(c3ccc(F)c(-c4c(C)ccc5[nH]ncc45)c3C#N)CCC2C1. The quantitative estimate of drug-likeness (QED) is 0.609. The molecule has 1 N–H and O–H groups in total. The second kappa shape index (κ2) is 8.36. The molecular formula is C26H26FN5O. The van der Waals surface area contributed by atoms with Gasteiger partial charge >= 0.3 is 0 Å². The van der Waals surface area contributed by atoms with Gasteiger partial charge in [-0.2, -0.15) is 10.4 Å². The van der Waals surface area contributed by atoms with Crippen molar-refractivity contribution in [2.75, 3.05) is 31.1 Å². The Morgan fingerprint density at radius 2 is 2.00 bits per heavy atom. The first-order valence-corrected chi connectivity index (χ1v) is 11.3. The van der Waals surface area contributed by atoms with Crippen LogP contribution in [0, 0.1) is 35.9 Å². The Morgan fingerprint density at radius 1 is 1.21 bits per heavy atom. The highest BCUT2D eigenvalue weighted by Gasteiger charge is 2.36. The largest absolute Gasteiger partial charge is 0.370 e. The van der Waals surface area contributed by atoms with E-state index in [1.807, 2.05) is 24.0 Å². The number of nitrogens with zero attached hydrogens (tertiary/aromatic N) is 4. The molecule has 3 aromatic rings. The number of anilines is 1. The molecule has 2 fully saturated rings. The number of nitrogens with one attached hydrogen (secondary N) is 1. The van der Waals surface area contributed by atoms with E-state index in [0.717, 1.165) is 61.2 Å². The lowest BCUT2D eigenvalue weighted by atomic mass is 9.79. The highest BCUT2D eigenvalue weighted by molar-refractivity contribution is 5.98. The number of H-pyrrole nitrogens is 1. The zero-order valence-corrected chi connectivity index (χ0v) is 18.6. The summed E-state index contributed by atoms with van der Waals surface area (Å²) in [5, 5.41) is 18.0. The summed E-state index contributed by atoms with van der Waals surface area (Å²) in [6, 6.07) is 9.36. The van der Waals surface area contributed by atoms with Crippen LogP contribution in [0.15, 0.2) is 43.1 Å². The van der Waals surface area contributed by atoms with Crippen LogP contribution in [0.5, 0.6) is 0 Å². The summed E-state index contributed by atoms with van der Waals surface area (Å²) in [5.74, 6) is 0.464. The molecule has 2 aromatic carbocycles. The summed E-state index contributed by atoms with van der Waals surface area (Å²) in [6.07, 6.45) is 4.93. The molecule has 0 saturated carbocycles. The number of aromatic amines is 1. The van der Waals surface area contributed by atoms with Gasteiger partial charge in [0.1, 0.15) is 11.9 Å². The van der Waals surface area contributed by atoms with Crippen molar-refractivity contribution in [1.29, 1.82) is 5.26 Å². The summed E-state index contributed by atoms with van der Waals surface area (Å²) in [6.45, 7) is 8.58. The molecule has 2 aliphatic heterocycles. The van der Waals surface area contributed by atoms with E-state index in [1.165, 1.54) is 12.1 Å². The second-order valence-electron chi connectivity index (χ2n) is 9.05. The van der Waals surface area contributed by atoms with E-state index in [4.69, 9.17) is 0 Å². The van der Waals surface area contributed by atoms with E-state index >= 15 is 4.39 Å². The highest BCUT2D eigenvalue weighted by Crippen LogP contribution is 2.41. The number of halogens is 1. The number of hydrogen-bond acceptors (Lipinski definition) is 4. The van der Waals surface area contributed by atoms with Crippen molar-refractivity contribution in [2.24, 2.45) is 11.8 Å². The number of benzene rings is 2. The molecule has 168 valence electrons. The Morgan fingerprint density at radius 3 is 2.79 bits per heavy atom. The first-order valence-electron chi connectivity index (χ1n) is 11.3. The monoisotopic (exact) mass is 443 g/mol. The predicted molar refractivity (Wildman–Crippen MR) is 126 cm³/mol. The molecule has 33 heavy (non-hydrogen) atoms. The first kappa shape index (κ1) is 21.2. The van der Waals surface area contributed by atoms with Crippen LogP contribution >= 0.6 is 0 Å². The topological polar surface area (TPSA) is 76.0 Å². The molecule has 0 radical (unpaired) electrons. The smallest absolute Gasteiger partial charge is 0.245 e. The van der Waals surface area contributed by atoms with Crippen molar-refractivity contribution in [1.82, 2.24) is 15.1 Å². The third kappa shape index (κ3) is 3.56. The Balaban J connectivity index is 1.51. The van der Waals surface area contributed by atoms with Crippen LogP contribution in [0.3, 0.4) is 0 Å². The van der Waals surface area contributed by atoms with E-state index in [9.17, 15) is 10.1 Å². The van der Waals surface area contributed by atoms with E-state index in [-0.39, 0.29) is 5.91 Å². The maximum atomic E-state index is 15.3. The van der Waals surface area contributed by atoms with Gasteiger partial charge in [0, 0.05) is 37.1 Å². The normalized spacial score (nSPS) is 20.4. The molecular weight excluding hydrogens is 417 g/mol. The van der Waals surface area contributed by atoms with Crippen LogP contribution < -0.4 is 4.90 Å². The van der Waals surface area contributed by atoms with Crippen molar-refractivity contribution < 1.29 is 9.18 Å². The lowest BCUT2D eigenvalue weighted by Crippen LogP contribution is -2.50. The van der Waals surface area contributed by atoms with Crippen LogP contribution in [0.2, 0.25) is 0 Å². The fourth-order valence-corrected chi connectivity index (χ4v) is 5.54. The van der Waals surface area contributed by atoms with E-state index in [2.05, 4.69) is 27.7 Å². The first-order chi connectivity index (χ1) is 16.0. The second-order valence-corrected chi connectivity index (χ2v) is 9.05. The molecule has 5 rings (SSSR count). The molecule has 2 saturated heterocycles. The van der Waals surface area contributed by atoms with Gasteiger partial charge in [0.2, 0.25) is 5.91 Å². The number of amides is 1. The number of nitriles is 1. The molecule has 0 spiro atoms. The van der Waals surface area contributed by atoms with Gasteiger partial charge in [0.25, 0.3) is 0 Å². The lowest BCUT2D eigenvalue weighted by Gasteiger charge is -2.45. The summed E-state index contributed by atoms with van der Waals surface area (Å²) in [4.78, 5) is 16.1. The molecule has 2 unspecified atom stereocenters. The lowest BCUT2D eigenvalue weighted by molar-refractivity contribution is -0.128. The van der Waals surface area contributed by atoms with Gasteiger partial charge in [-0.3, -0.25) is 9.89 Å². The summed E-state index contributed by atoms with van der Waals surface area (Å²) in [5.41, 5.74) is 3.90. The van der Waals surface area contributed by atoms with Crippen LogP contribution in [-0.2, 0) is 4.79 Å². The maximum Gasteiger partial charge on any atom is 0.245 e. The van der Waals surface area contributed by atoms with Crippen molar-refractivity contribution in [3.8, 4) is 17.2 Å². The maximum absolute atomic E-state index is 15.3. The van der Waals surface area contributed by atoms with Crippen LogP contribution in [-0.4, -0.2) is 47.2 Å². The number of piperidine rings is 2. The van der Waals surface area contributed by atoms with E-state index in [0.29, 0.717) is 28.5 Å². The van der Waals surface area contributed by atoms with Crippen LogP contribution in [0.25, 0.3) is 22.0 Å². The van der Waals surface area contributed by atoms with Crippen LogP contribution in [0.4, 0.5) is 10.1 Å². The van der Waals surface area contributed by atoms with E-state index in [1.54, 1.807) is 12.3 Å². The Hall–Kier alpha value is -3.66. The third-order valence-corrected chi connectivity index (χ3v) is 7.27. The minimum absolute atomic E-state index is 0.00499. The molecule has 0 bridgehead atoms. The number of aromatic nitrogens is 2. The Labute approximate surface area is 192 Å². The van der Waals surface area contributed by atoms with Gasteiger partial charge in [0.15, 0.2) is 0 Å². The number of hydrogen-bond donors (Lipinski definition) is 1. The van der Waals surface area contributed by atoms with E-state index < -0.39 is 5.82 Å². The molecule has 1 aromatic heterocycles. The molecule has 0 aliphatic carbocycles. The Bertz CT molecular complexity index is 1290. The zero-order chi connectivity index (χ0) is 23.1. The van der Waals surface area contributed by atoms with Crippen molar-refractivity contribution in [3.63, 3.8) is 0 Å². The molecule has 3 heterocycles. The molecule has 2 atom stereocenters. The zero-order valence-electron chi connectivity index (χ0n) is 18.6. The van der Waals surface area contributed by atoms with Gasteiger partial charge in [-0.1, -0.05) is 12.6 Å². The van der Waals surface area contributed by atoms with Gasteiger partial charge in [-0.25, -0.2) is 4.39 Å². The van der Waals surface area contributed by atoms with Crippen molar-refractivity contribution >= 4 is 22.5 Å². The number of rotatable bonds is 3. The predicted octanol–water partition coefficient (Wildman–Crippen LogP) is 4.41. The highest BCUT2D eigenvalue weighted by atomic mass is 19.1. The number of carbonyl (C=O) groups is 1. The molecule has 2 aliphatic rings. The fourth-order valence-electron chi connectivity index (χ4n) is 5.54. The minimum atomic E-state index is -0.404. The van der Waals surface area contributed by atoms with Gasteiger partial charge in [-0.15, -0.1) is 0 Å². The number of carbonyl (C=O) groups excluding carboxylic acids is 1. The average molecular weight is 444 g/mol. The number of aryl methyl sites for hydroxylation is 1. The van der Waals surface area contributed by atoms with Gasteiger partial charge < -0.3 is 9.80 Å². The standard InChI is InChI=1S/C26H26FN5O/c1-3-24(33)32-11-9-17-14-31(10-8-18(17)15-32)23-7-5-21(27)26(19(23)12-28)25-16(2)4-6-22-20(25)13-29-30-22/h3-7,13,17-18H,1,8-11,14-15H2,2H3,(H,29,30). The summed E-state index contributed by atoms with van der Waals surface area (Å²) < 4.78 is 15.3. The van der Waals surface area contributed by atoms with Crippen molar-refractivity contribution in [3.05, 3.63) is 60.1 Å². The minimum Gasteiger partial charge on any atom is -0.370 e. The average Bonchev–Trinajstić information content (AvgIpc) is 3.32. The van der Waals surface area contributed by atoms with Gasteiger partial charge in [-0.05, 0) is 67.0 Å².